The molecule has 0 bridgehead atoms. The van der Waals surface area contributed by atoms with Gasteiger partial charge in [0.15, 0.2) is 6.79 Å². The molecule has 0 heterocycles. The maximum atomic E-state index is 12.6. The maximum Gasteiger partial charge on any atom is 1.00 e. The summed E-state index contributed by atoms with van der Waals surface area (Å²) in [6.07, 6.45) is 2.39. The van der Waals surface area contributed by atoms with Crippen molar-refractivity contribution in [3.63, 3.8) is 0 Å². The second kappa shape index (κ2) is 7.47. The van der Waals surface area contributed by atoms with Crippen LogP contribution in [0.15, 0.2) is 18.2 Å². The van der Waals surface area contributed by atoms with E-state index in [1.807, 2.05) is 0 Å². The molecular formula is C12H15BF3KO2. The van der Waals surface area contributed by atoms with Crippen molar-refractivity contribution in [2.45, 2.75) is 19.8 Å². The van der Waals surface area contributed by atoms with Crippen molar-refractivity contribution in [3.05, 3.63) is 23.8 Å². The summed E-state index contributed by atoms with van der Waals surface area (Å²) in [5.41, 5.74) is -0.386. The maximum absolute atomic E-state index is 12.6. The molecule has 0 aliphatic heterocycles. The summed E-state index contributed by atoms with van der Waals surface area (Å²) in [4.78, 5) is 0. The third kappa shape index (κ3) is 5.77. The van der Waals surface area contributed by atoms with E-state index in [0.29, 0.717) is 18.3 Å². The second-order valence-corrected chi connectivity index (χ2v) is 4.67. The molecule has 7 heteroatoms. The number of ether oxygens (including phenoxy) is 2. The van der Waals surface area contributed by atoms with Crippen molar-refractivity contribution in [3.8, 4) is 5.75 Å². The minimum absolute atomic E-state index is 0. The van der Waals surface area contributed by atoms with E-state index in [1.165, 1.54) is 31.9 Å². The summed E-state index contributed by atoms with van der Waals surface area (Å²) >= 11 is 0. The van der Waals surface area contributed by atoms with Crippen molar-refractivity contribution >= 4 is 12.4 Å². The fourth-order valence-corrected chi connectivity index (χ4v) is 1.71. The van der Waals surface area contributed by atoms with Gasteiger partial charge in [-0.25, -0.2) is 0 Å². The van der Waals surface area contributed by atoms with E-state index in [1.54, 1.807) is 0 Å². The van der Waals surface area contributed by atoms with Crippen LogP contribution in [0, 0.1) is 12.8 Å². The average molecular weight is 298 g/mol. The van der Waals surface area contributed by atoms with Gasteiger partial charge in [0, 0.05) is 0 Å². The zero-order valence-electron chi connectivity index (χ0n) is 11.2. The zero-order valence-corrected chi connectivity index (χ0v) is 14.3. The summed E-state index contributed by atoms with van der Waals surface area (Å²) in [6, 6.07) is 3.79. The van der Waals surface area contributed by atoms with Gasteiger partial charge in [0.25, 0.3) is 0 Å². The van der Waals surface area contributed by atoms with E-state index in [9.17, 15) is 12.9 Å². The SMILES string of the molecule is Cc1cc(OCOCC2CC2)ccc1[B-](F)(F)F.[K+]. The van der Waals surface area contributed by atoms with E-state index in [0.717, 1.165) is 6.07 Å². The molecule has 0 amide bonds. The number of hydrogen-bond donors (Lipinski definition) is 0. The molecular weight excluding hydrogens is 283 g/mol. The van der Waals surface area contributed by atoms with Gasteiger partial charge in [-0.2, -0.15) is 0 Å². The minimum atomic E-state index is -4.95. The summed E-state index contributed by atoms with van der Waals surface area (Å²) in [7, 11) is 0. The van der Waals surface area contributed by atoms with E-state index in [-0.39, 0.29) is 63.7 Å². The van der Waals surface area contributed by atoms with Crippen LogP contribution in [0.5, 0.6) is 5.75 Å². The summed E-state index contributed by atoms with van der Waals surface area (Å²) in [5, 5.41) is 0. The Bertz CT molecular complexity index is 422. The van der Waals surface area contributed by atoms with Gasteiger partial charge in [0.1, 0.15) is 5.75 Å². The van der Waals surface area contributed by atoms with Crippen LogP contribution >= 0.6 is 0 Å². The van der Waals surface area contributed by atoms with Crippen molar-refractivity contribution in [2.24, 2.45) is 5.92 Å². The topological polar surface area (TPSA) is 18.5 Å². The molecule has 0 N–H and O–H groups in total. The van der Waals surface area contributed by atoms with E-state index in [4.69, 9.17) is 9.47 Å². The molecule has 1 fully saturated rings. The molecule has 19 heavy (non-hydrogen) atoms. The standard InChI is InChI=1S/C12H15BF3O2.K/c1-9-6-11(4-5-12(9)13(14,15)16)18-8-17-7-10-2-3-10;/h4-6,10H,2-3,7-8H2,1H3;/q-1;+1. The molecule has 1 aromatic carbocycles. The first-order chi connectivity index (χ1) is 8.47. The van der Waals surface area contributed by atoms with Gasteiger partial charge in [0.2, 0.25) is 0 Å². The molecule has 1 aliphatic rings. The van der Waals surface area contributed by atoms with Gasteiger partial charge in [0.05, 0.1) is 6.61 Å². The van der Waals surface area contributed by atoms with Crippen LogP contribution in [-0.2, 0) is 4.74 Å². The summed E-state index contributed by atoms with van der Waals surface area (Å²) in [6.45, 7) is -2.76. The first-order valence-corrected chi connectivity index (χ1v) is 5.98. The Morgan fingerprint density at radius 2 is 1.95 bits per heavy atom. The zero-order chi connectivity index (χ0) is 13.2. The molecule has 0 radical (unpaired) electrons. The first kappa shape index (κ1) is 17.5. The number of halogens is 3. The van der Waals surface area contributed by atoms with Crippen LogP contribution in [0.25, 0.3) is 0 Å². The van der Waals surface area contributed by atoms with Gasteiger partial charge in [-0.05, 0) is 37.8 Å². The Hall–Kier alpha value is 0.471. The van der Waals surface area contributed by atoms with E-state index in [2.05, 4.69) is 0 Å². The molecule has 1 aromatic rings. The molecule has 0 saturated heterocycles. The second-order valence-electron chi connectivity index (χ2n) is 4.67. The van der Waals surface area contributed by atoms with Crippen LogP contribution in [0.3, 0.4) is 0 Å². The van der Waals surface area contributed by atoms with Gasteiger partial charge in [-0.15, -0.1) is 5.46 Å². The van der Waals surface area contributed by atoms with Crippen LogP contribution in [-0.4, -0.2) is 20.4 Å². The normalized spacial score (nSPS) is 14.9. The van der Waals surface area contributed by atoms with Gasteiger partial charge in [-0.1, -0.05) is 11.6 Å². The quantitative estimate of drug-likeness (QED) is 0.412. The van der Waals surface area contributed by atoms with Crippen molar-refractivity contribution in [2.75, 3.05) is 13.4 Å². The average Bonchev–Trinajstić information content (AvgIpc) is 3.06. The Labute approximate surface area is 153 Å². The van der Waals surface area contributed by atoms with Gasteiger partial charge < -0.3 is 22.4 Å². The predicted octanol–water partition coefficient (Wildman–Crippen LogP) is -0.184. The molecule has 100 valence electrons. The van der Waals surface area contributed by atoms with Crippen LogP contribution < -0.4 is 61.6 Å². The number of hydrogen-bond acceptors (Lipinski definition) is 2. The molecule has 2 rings (SSSR count). The smallest absolute Gasteiger partial charge is 0.468 e. The Morgan fingerprint density at radius 3 is 2.47 bits per heavy atom. The summed E-state index contributed by atoms with van der Waals surface area (Å²) < 4.78 is 48.2. The number of rotatable bonds is 6. The molecule has 2 nitrogen and oxygen atoms in total. The first-order valence-electron chi connectivity index (χ1n) is 5.98. The minimum Gasteiger partial charge on any atom is -0.468 e. The monoisotopic (exact) mass is 298 g/mol. The predicted molar refractivity (Wildman–Crippen MR) is 64.1 cm³/mol. The van der Waals surface area contributed by atoms with Gasteiger partial charge in [-0.3, -0.25) is 0 Å². The summed E-state index contributed by atoms with van der Waals surface area (Å²) in [5.74, 6) is 1.05. The fraction of sp³-hybridized carbons (Fsp3) is 0.500. The van der Waals surface area contributed by atoms with E-state index < -0.39 is 12.4 Å². The van der Waals surface area contributed by atoms with Crippen LogP contribution in [0.2, 0.25) is 0 Å². The third-order valence-corrected chi connectivity index (χ3v) is 2.95. The Kier molecular flexibility index (Phi) is 6.89. The molecule has 0 unspecified atom stereocenters. The molecule has 1 aliphatic carbocycles. The van der Waals surface area contributed by atoms with Crippen LogP contribution in [0.1, 0.15) is 18.4 Å². The van der Waals surface area contributed by atoms with Crippen molar-refractivity contribution in [1.82, 2.24) is 0 Å². The Balaban J connectivity index is 0.00000180. The van der Waals surface area contributed by atoms with Gasteiger partial charge >= 0.3 is 58.4 Å². The Morgan fingerprint density at radius 1 is 1.26 bits per heavy atom. The van der Waals surface area contributed by atoms with Crippen LogP contribution in [0.4, 0.5) is 12.9 Å². The largest absolute Gasteiger partial charge is 1.00 e. The van der Waals surface area contributed by atoms with Crippen molar-refractivity contribution in [1.29, 1.82) is 0 Å². The molecule has 0 spiro atoms. The fourth-order valence-electron chi connectivity index (χ4n) is 1.71. The molecule has 1 saturated carbocycles. The number of benzene rings is 1. The third-order valence-electron chi connectivity index (χ3n) is 2.95. The molecule has 0 aromatic heterocycles. The van der Waals surface area contributed by atoms with E-state index >= 15 is 0 Å². The van der Waals surface area contributed by atoms with Crippen molar-refractivity contribution < 1.29 is 73.8 Å². The molecule has 0 atom stereocenters. The number of aryl methyl sites for hydroxylation is 1.